The minimum absolute atomic E-state index is 0.125. The van der Waals surface area contributed by atoms with Gasteiger partial charge in [-0.2, -0.15) is 13.2 Å². The van der Waals surface area contributed by atoms with Gasteiger partial charge in [-0.15, -0.1) is 0 Å². The molecule has 0 radical (unpaired) electrons. The van der Waals surface area contributed by atoms with Crippen molar-refractivity contribution in [3.63, 3.8) is 0 Å². The molecule has 9 heteroatoms. The van der Waals surface area contributed by atoms with Crippen molar-refractivity contribution in [2.45, 2.75) is 19.3 Å². The highest BCUT2D eigenvalue weighted by Crippen LogP contribution is 2.32. The lowest BCUT2D eigenvalue weighted by atomic mass is 10.1. The van der Waals surface area contributed by atoms with Crippen molar-refractivity contribution < 1.29 is 32.2 Å². The van der Waals surface area contributed by atoms with Crippen LogP contribution >= 0.6 is 0 Å². The van der Waals surface area contributed by atoms with Gasteiger partial charge in [0.2, 0.25) is 6.79 Å². The Hall–Kier alpha value is -2.78. The number of alkyl halides is 3. The number of benzene rings is 2. The molecule has 0 aromatic heterocycles. The Balaban J connectivity index is 1.28. The fraction of sp³-hybridized carbons (Fsp3) is 0.409. The lowest BCUT2D eigenvalue weighted by Crippen LogP contribution is -2.48. The summed E-state index contributed by atoms with van der Waals surface area (Å²) in [5.74, 6) is 1.39. The molecule has 31 heavy (non-hydrogen) atoms. The first-order chi connectivity index (χ1) is 14.9. The van der Waals surface area contributed by atoms with Gasteiger partial charge in [0.25, 0.3) is 5.91 Å². The monoisotopic (exact) mass is 436 g/mol. The molecular formula is C22H23F3N2O4. The molecule has 0 N–H and O–H groups in total. The van der Waals surface area contributed by atoms with Crippen LogP contribution in [0.1, 0.15) is 21.5 Å². The van der Waals surface area contributed by atoms with Gasteiger partial charge in [-0.1, -0.05) is 18.2 Å². The van der Waals surface area contributed by atoms with E-state index in [1.807, 2.05) is 18.2 Å². The van der Waals surface area contributed by atoms with Gasteiger partial charge in [0.15, 0.2) is 11.5 Å². The second-order valence-corrected chi connectivity index (χ2v) is 7.56. The number of nitrogens with zero attached hydrogens (tertiary/aromatic N) is 2. The van der Waals surface area contributed by atoms with E-state index in [4.69, 9.17) is 9.47 Å². The van der Waals surface area contributed by atoms with Crippen LogP contribution in [0.2, 0.25) is 0 Å². The van der Waals surface area contributed by atoms with Crippen molar-refractivity contribution in [2.75, 3.05) is 39.6 Å². The van der Waals surface area contributed by atoms with Crippen molar-refractivity contribution in [1.82, 2.24) is 9.80 Å². The minimum atomic E-state index is -4.37. The molecule has 0 aliphatic carbocycles. The number of rotatable bonds is 6. The molecule has 2 aliphatic heterocycles. The molecular weight excluding hydrogens is 413 g/mol. The van der Waals surface area contributed by atoms with Crippen LogP contribution in [0.4, 0.5) is 13.2 Å². The zero-order valence-corrected chi connectivity index (χ0v) is 16.9. The van der Waals surface area contributed by atoms with Gasteiger partial charge in [-0.05, 0) is 35.4 Å². The van der Waals surface area contributed by atoms with E-state index in [0.29, 0.717) is 24.2 Å². The summed E-state index contributed by atoms with van der Waals surface area (Å²) in [4.78, 5) is 16.9. The Labute approximate surface area is 178 Å². The van der Waals surface area contributed by atoms with Gasteiger partial charge < -0.3 is 19.1 Å². The van der Waals surface area contributed by atoms with Crippen LogP contribution in [0, 0.1) is 0 Å². The first kappa shape index (κ1) is 21.5. The SMILES string of the molecule is O=C(c1cccc(COCC(F)(F)F)c1)N1CCN(Cc2ccc3c(c2)OCO3)CC1. The third kappa shape index (κ3) is 5.68. The fourth-order valence-corrected chi connectivity index (χ4v) is 3.67. The summed E-state index contributed by atoms with van der Waals surface area (Å²) < 4.78 is 52.1. The number of carbonyl (C=O) groups excluding carboxylic acids is 1. The molecule has 0 unspecified atom stereocenters. The van der Waals surface area contributed by atoms with E-state index in [1.54, 1.807) is 29.2 Å². The van der Waals surface area contributed by atoms with Gasteiger partial charge in [-0.3, -0.25) is 9.69 Å². The summed E-state index contributed by atoms with van der Waals surface area (Å²) in [7, 11) is 0. The standard InChI is InChI=1S/C22H23F3N2O4/c23-22(24,25)14-29-13-17-2-1-3-18(10-17)21(28)27-8-6-26(7-9-27)12-16-4-5-19-20(11-16)31-15-30-19/h1-5,10-11H,6-9,12-15H2. The van der Waals surface area contributed by atoms with Crippen LogP contribution in [0.15, 0.2) is 42.5 Å². The predicted octanol–water partition coefficient (Wildman–Crippen LogP) is 3.45. The molecule has 2 aliphatic rings. The van der Waals surface area contributed by atoms with E-state index in [0.717, 1.165) is 36.7 Å². The molecule has 2 aromatic rings. The number of hydrogen-bond acceptors (Lipinski definition) is 5. The molecule has 1 saturated heterocycles. The molecule has 1 amide bonds. The maximum Gasteiger partial charge on any atom is 0.411 e. The molecule has 0 atom stereocenters. The number of halogens is 3. The Morgan fingerprint density at radius 1 is 0.968 bits per heavy atom. The third-order valence-electron chi connectivity index (χ3n) is 5.21. The second kappa shape index (κ2) is 9.15. The average molecular weight is 436 g/mol. The number of piperazine rings is 1. The topological polar surface area (TPSA) is 51.2 Å². The number of amides is 1. The Bertz CT molecular complexity index is 927. The van der Waals surface area contributed by atoms with Crippen LogP contribution in [0.5, 0.6) is 11.5 Å². The third-order valence-corrected chi connectivity index (χ3v) is 5.21. The summed E-state index contributed by atoms with van der Waals surface area (Å²) >= 11 is 0. The Morgan fingerprint density at radius 2 is 1.74 bits per heavy atom. The van der Waals surface area contributed by atoms with Crippen LogP contribution in [-0.4, -0.2) is 61.5 Å². The Kier molecular flexibility index (Phi) is 6.33. The normalized spacial score (nSPS) is 16.5. The van der Waals surface area contributed by atoms with E-state index in [-0.39, 0.29) is 19.3 Å². The van der Waals surface area contributed by atoms with Crippen LogP contribution < -0.4 is 9.47 Å². The smallest absolute Gasteiger partial charge is 0.411 e. The molecule has 1 fully saturated rings. The number of hydrogen-bond donors (Lipinski definition) is 0. The molecule has 0 bridgehead atoms. The zero-order valence-electron chi connectivity index (χ0n) is 16.9. The van der Waals surface area contributed by atoms with Crippen molar-refractivity contribution in [3.8, 4) is 11.5 Å². The highest BCUT2D eigenvalue weighted by molar-refractivity contribution is 5.94. The van der Waals surface area contributed by atoms with Gasteiger partial charge in [-0.25, -0.2) is 0 Å². The van der Waals surface area contributed by atoms with E-state index in [2.05, 4.69) is 9.64 Å². The Morgan fingerprint density at radius 3 is 2.52 bits per heavy atom. The van der Waals surface area contributed by atoms with E-state index in [1.165, 1.54) is 0 Å². The molecule has 4 rings (SSSR count). The second-order valence-electron chi connectivity index (χ2n) is 7.56. The fourth-order valence-electron chi connectivity index (χ4n) is 3.67. The highest BCUT2D eigenvalue weighted by Gasteiger charge is 2.27. The van der Waals surface area contributed by atoms with Crippen LogP contribution in [0.3, 0.4) is 0 Å². The van der Waals surface area contributed by atoms with E-state index in [9.17, 15) is 18.0 Å². The summed E-state index contributed by atoms with van der Waals surface area (Å²) in [5, 5.41) is 0. The van der Waals surface area contributed by atoms with Crippen molar-refractivity contribution in [1.29, 1.82) is 0 Å². The molecule has 0 spiro atoms. The lowest BCUT2D eigenvalue weighted by Gasteiger charge is -2.34. The summed E-state index contributed by atoms with van der Waals surface area (Å²) in [5.41, 5.74) is 2.12. The van der Waals surface area contributed by atoms with Gasteiger partial charge >= 0.3 is 6.18 Å². The van der Waals surface area contributed by atoms with E-state index >= 15 is 0 Å². The largest absolute Gasteiger partial charge is 0.454 e. The quantitative estimate of drug-likeness (QED) is 0.695. The maximum absolute atomic E-state index is 12.8. The van der Waals surface area contributed by atoms with Crippen LogP contribution in [0.25, 0.3) is 0 Å². The van der Waals surface area contributed by atoms with Gasteiger partial charge in [0.1, 0.15) is 6.61 Å². The molecule has 2 aromatic carbocycles. The minimum Gasteiger partial charge on any atom is -0.454 e. The van der Waals surface area contributed by atoms with Crippen molar-refractivity contribution >= 4 is 5.91 Å². The first-order valence-corrected chi connectivity index (χ1v) is 10.0. The summed E-state index contributed by atoms with van der Waals surface area (Å²) in [6, 6.07) is 12.5. The van der Waals surface area contributed by atoms with Gasteiger partial charge in [0, 0.05) is 38.3 Å². The molecule has 6 nitrogen and oxygen atoms in total. The summed E-state index contributed by atoms with van der Waals surface area (Å²) in [6.07, 6.45) is -4.37. The van der Waals surface area contributed by atoms with Crippen LogP contribution in [-0.2, 0) is 17.9 Å². The molecule has 2 heterocycles. The van der Waals surface area contributed by atoms with Crippen molar-refractivity contribution in [2.24, 2.45) is 0 Å². The van der Waals surface area contributed by atoms with Crippen molar-refractivity contribution in [3.05, 3.63) is 59.2 Å². The molecule has 0 saturated carbocycles. The zero-order chi connectivity index (χ0) is 21.8. The van der Waals surface area contributed by atoms with E-state index < -0.39 is 12.8 Å². The average Bonchev–Trinajstić information content (AvgIpc) is 3.21. The number of carbonyl (C=O) groups is 1. The first-order valence-electron chi connectivity index (χ1n) is 10.0. The lowest BCUT2D eigenvalue weighted by molar-refractivity contribution is -0.176. The predicted molar refractivity (Wildman–Crippen MR) is 106 cm³/mol. The maximum atomic E-state index is 12.8. The highest BCUT2D eigenvalue weighted by atomic mass is 19.4. The number of fused-ring (bicyclic) bond motifs is 1. The number of ether oxygens (including phenoxy) is 3. The van der Waals surface area contributed by atoms with Gasteiger partial charge in [0.05, 0.1) is 6.61 Å². The summed E-state index contributed by atoms with van der Waals surface area (Å²) in [6.45, 7) is 2.12. The molecule has 166 valence electrons.